The second-order valence-corrected chi connectivity index (χ2v) is 15.9. The quantitative estimate of drug-likeness (QED) is 0.300. The van der Waals surface area contributed by atoms with E-state index in [1.165, 1.54) is 81.9 Å². The molecule has 6 unspecified atom stereocenters. The van der Waals surface area contributed by atoms with E-state index in [-0.39, 0.29) is 0 Å². The van der Waals surface area contributed by atoms with Gasteiger partial charge in [-0.05, 0) is 140 Å². The Morgan fingerprint density at radius 1 is 0.857 bits per heavy atom. The lowest BCUT2D eigenvalue weighted by atomic mass is 9.49. The topological polar surface area (TPSA) is 0 Å². The number of benzene rings is 1. The fourth-order valence-electron chi connectivity index (χ4n) is 9.87. The summed E-state index contributed by atoms with van der Waals surface area (Å²) in [5, 5.41) is 0. The van der Waals surface area contributed by atoms with Crippen LogP contribution in [-0.4, -0.2) is 5.75 Å². The zero-order valence-electron chi connectivity index (χ0n) is 23.3. The van der Waals surface area contributed by atoms with Crippen LogP contribution >= 0.6 is 11.8 Å². The fourth-order valence-corrected chi connectivity index (χ4v) is 10.5. The number of hydrogen-bond acceptors (Lipinski definition) is 1. The molecule has 4 fully saturated rings. The van der Waals surface area contributed by atoms with Crippen molar-refractivity contribution in [2.45, 2.75) is 122 Å². The molecule has 1 aromatic rings. The van der Waals surface area contributed by atoms with Crippen LogP contribution in [0.25, 0.3) is 0 Å². The molecule has 6 atom stereocenters. The third-order valence-electron chi connectivity index (χ3n) is 12.3. The van der Waals surface area contributed by atoms with Crippen molar-refractivity contribution in [1.29, 1.82) is 0 Å². The highest BCUT2D eigenvalue weighted by Crippen LogP contribution is 2.67. The predicted molar refractivity (Wildman–Crippen MR) is 152 cm³/mol. The number of fused-ring (bicyclic) bond motifs is 4. The molecule has 0 amide bonds. The lowest BCUT2D eigenvalue weighted by molar-refractivity contribution is 0.0343. The minimum atomic E-state index is 0.536. The van der Waals surface area contributed by atoms with Gasteiger partial charge in [0.25, 0.3) is 0 Å². The Labute approximate surface area is 220 Å². The summed E-state index contributed by atoms with van der Waals surface area (Å²) in [6.07, 6.45) is 17.7. The van der Waals surface area contributed by atoms with Gasteiger partial charge in [0.05, 0.1) is 0 Å². The van der Waals surface area contributed by atoms with Gasteiger partial charge in [0.15, 0.2) is 0 Å². The van der Waals surface area contributed by atoms with Crippen molar-refractivity contribution in [2.24, 2.45) is 39.9 Å². The molecule has 1 heteroatoms. The lowest BCUT2D eigenvalue weighted by Gasteiger charge is -2.56. The Bertz CT molecular complexity index is 957. The Morgan fingerprint density at radius 2 is 1.60 bits per heavy atom. The lowest BCUT2D eigenvalue weighted by Crippen LogP contribution is -2.45. The zero-order valence-corrected chi connectivity index (χ0v) is 24.1. The number of thioether (sulfide) groups is 1. The van der Waals surface area contributed by atoms with Gasteiger partial charge < -0.3 is 0 Å². The van der Waals surface area contributed by atoms with E-state index in [0.29, 0.717) is 22.2 Å². The van der Waals surface area contributed by atoms with E-state index in [4.69, 9.17) is 0 Å². The van der Waals surface area contributed by atoms with E-state index in [0.717, 1.165) is 29.4 Å². The maximum atomic E-state index is 2.69. The van der Waals surface area contributed by atoms with Crippen molar-refractivity contribution < 1.29 is 0 Å². The van der Waals surface area contributed by atoms with E-state index in [1.807, 2.05) is 22.9 Å². The Hall–Kier alpha value is -0.690. The summed E-state index contributed by atoms with van der Waals surface area (Å²) in [5.41, 5.74) is 7.40. The van der Waals surface area contributed by atoms with E-state index in [1.54, 1.807) is 5.56 Å². The van der Waals surface area contributed by atoms with Gasteiger partial charge in [-0.25, -0.2) is 0 Å². The fraction of sp³-hybridized carbons (Fsp3) is 0.765. The van der Waals surface area contributed by atoms with Crippen LogP contribution in [0.5, 0.6) is 0 Å². The summed E-state index contributed by atoms with van der Waals surface area (Å²) in [7, 11) is 0. The number of hydrogen-bond donors (Lipinski definition) is 0. The van der Waals surface area contributed by atoms with Crippen LogP contribution in [0.1, 0.15) is 123 Å². The van der Waals surface area contributed by atoms with Gasteiger partial charge in [-0.2, -0.15) is 0 Å². The molecule has 6 rings (SSSR count). The molecule has 35 heavy (non-hydrogen) atoms. The molecule has 0 saturated heterocycles. The Kier molecular flexibility index (Phi) is 6.30. The first kappa shape index (κ1) is 24.6. The van der Waals surface area contributed by atoms with Crippen LogP contribution < -0.4 is 0 Å². The third-order valence-corrected chi connectivity index (χ3v) is 13.2. The van der Waals surface area contributed by atoms with Gasteiger partial charge in [0.2, 0.25) is 0 Å². The molecule has 5 aliphatic rings. The SMILES string of the molecule is CCSc1ccc(C2CC3(C)C(C)CCC3C3CCC4CC5(CCC4=C23)CCC(C)(C)CC5)cc1. The molecule has 0 nitrogen and oxygen atoms in total. The van der Waals surface area contributed by atoms with Gasteiger partial charge in [-0.3, -0.25) is 0 Å². The van der Waals surface area contributed by atoms with Gasteiger partial charge in [-0.1, -0.05) is 57.9 Å². The monoisotopic (exact) mass is 490 g/mol. The largest absolute Gasteiger partial charge is 0.126 e. The first-order valence-electron chi connectivity index (χ1n) is 15.2. The summed E-state index contributed by atoms with van der Waals surface area (Å²) in [4.78, 5) is 1.45. The highest BCUT2D eigenvalue weighted by atomic mass is 32.2. The maximum Gasteiger partial charge on any atom is 0.00720 e. The van der Waals surface area contributed by atoms with Gasteiger partial charge in [0.1, 0.15) is 0 Å². The molecule has 4 saturated carbocycles. The predicted octanol–water partition coefficient (Wildman–Crippen LogP) is 10.4. The smallest absolute Gasteiger partial charge is 0.00720 e. The van der Waals surface area contributed by atoms with Crippen molar-refractivity contribution in [1.82, 2.24) is 0 Å². The Balaban J connectivity index is 1.36. The highest BCUT2D eigenvalue weighted by molar-refractivity contribution is 7.99. The minimum Gasteiger partial charge on any atom is -0.126 e. The molecule has 0 aromatic heterocycles. The van der Waals surface area contributed by atoms with Crippen molar-refractivity contribution in [3.63, 3.8) is 0 Å². The first-order valence-corrected chi connectivity index (χ1v) is 16.2. The molecule has 0 N–H and O–H groups in total. The molecule has 1 spiro atoms. The number of allylic oxidation sites excluding steroid dienone is 2. The van der Waals surface area contributed by atoms with Crippen LogP contribution in [0.3, 0.4) is 0 Å². The second kappa shape index (κ2) is 8.96. The standard InChI is InChI=1S/C34H50S/c1-6-35-26-11-8-24(9-12-26)29-22-33(5)23(2)7-14-30(33)28-13-10-25-21-34(16-15-27(25)31(28)29)19-17-32(3,4)18-20-34/h8-9,11-12,23,25,28-30H,6-7,10,13-22H2,1-5H3. The van der Waals surface area contributed by atoms with Crippen molar-refractivity contribution in [3.8, 4) is 0 Å². The van der Waals surface area contributed by atoms with Crippen LogP contribution in [0, 0.1) is 39.9 Å². The highest BCUT2D eigenvalue weighted by Gasteiger charge is 2.56. The minimum absolute atomic E-state index is 0.536. The van der Waals surface area contributed by atoms with E-state index >= 15 is 0 Å². The maximum absolute atomic E-state index is 2.69. The average molecular weight is 491 g/mol. The second-order valence-electron chi connectivity index (χ2n) is 14.6. The van der Waals surface area contributed by atoms with Gasteiger partial charge >= 0.3 is 0 Å². The molecular formula is C34H50S. The van der Waals surface area contributed by atoms with E-state index < -0.39 is 0 Å². The molecule has 0 aliphatic heterocycles. The Morgan fingerprint density at radius 3 is 2.31 bits per heavy atom. The summed E-state index contributed by atoms with van der Waals surface area (Å²) >= 11 is 1.99. The normalized spacial score (nSPS) is 39.7. The van der Waals surface area contributed by atoms with Crippen LogP contribution in [0.15, 0.2) is 40.3 Å². The zero-order chi connectivity index (χ0) is 24.4. The van der Waals surface area contributed by atoms with Crippen LogP contribution in [-0.2, 0) is 0 Å². The number of rotatable bonds is 3. The van der Waals surface area contributed by atoms with Crippen LogP contribution in [0.4, 0.5) is 0 Å². The molecule has 0 heterocycles. The average Bonchev–Trinajstić information content (AvgIpc) is 3.15. The van der Waals surface area contributed by atoms with Crippen molar-refractivity contribution >= 4 is 11.8 Å². The summed E-state index contributed by atoms with van der Waals surface area (Å²) in [6, 6.07) is 9.90. The van der Waals surface area contributed by atoms with Crippen LogP contribution in [0.2, 0.25) is 0 Å². The molecule has 192 valence electrons. The molecular weight excluding hydrogens is 440 g/mol. The molecule has 1 aromatic carbocycles. The molecule has 0 bridgehead atoms. The van der Waals surface area contributed by atoms with E-state index in [2.05, 4.69) is 58.9 Å². The molecule has 5 aliphatic carbocycles. The van der Waals surface area contributed by atoms with Gasteiger partial charge in [0, 0.05) is 10.8 Å². The first-order chi connectivity index (χ1) is 16.7. The summed E-state index contributed by atoms with van der Waals surface area (Å²) in [5.74, 6) is 5.45. The van der Waals surface area contributed by atoms with Gasteiger partial charge in [-0.15, -0.1) is 11.8 Å². The van der Waals surface area contributed by atoms with Crippen molar-refractivity contribution in [3.05, 3.63) is 41.0 Å². The third kappa shape index (κ3) is 4.19. The van der Waals surface area contributed by atoms with E-state index in [9.17, 15) is 0 Å². The molecule has 0 radical (unpaired) electrons. The summed E-state index contributed by atoms with van der Waals surface area (Å²) in [6.45, 7) is 12.6. The summed E-state index contributed by atoms with van der Waals surface area (Å²) < 4.78 is 0. The van der Waals surface area contributed by atoms with Crippen molar-refractivity contribution in [2.75, 3.05) is 5.75 Å².